The van der Waals surface area contributed by atoms with Crippen molar-refractivity contribution >= 4 is 11.8 Å². The van der Waals surface area contributed by atoms with Gasteiger partial charge in [-0.2, -0.15) is 5.10 Å². The van der Waals surface area contributed by atoms with Crippen molar-refractivity contribution in [3.05, 3.63) is 53.6 Å². The molecule has 2 amide bonds. The second-order valence-corrected chi connectivity index (χ2v) is 9.64. The summed E-state index contributed by atoms with van der Waals surface area (Å²) < 4.78 is 13.5. The lowest BCUT2D eigenvalue weighted by atomic mass is 9.68. The molecule has 0 aliphatic carbocycles. The Morgan fingerprint density at radius 1 is 1.19 bits per heavy atom. The lowest BCUT2D eigenvalue weighted by Gasteiger charge is -2.44. The number of H-pyrrole nitrogens is 1. The Hall–Kier alpha value is -2.74. The summed E-state index contributed by atoms with van der Waals surface area (Å²) in [6, 6.07) is 7.88. The molecule has 1 spiro atoms. The molecule has 2 atom stereocenters. The average Bonchev–Trinajstić information content (AvgIpc) is 3.41. The van der Waals surface area contributed by atoms with Crippen molar-refractivity contribution in [3.8, 4) is 0 Å². The maximum atomic E-state index is 13.5. The number of amides is 2. The van der Waals surface area contributed by atoms with Crippen LogP contribution in [-0.4, -0.2) is 71.1 Å². The summed E-state index contributed by atoms with van der Waals surface area (Å²) in [5.74, 6) is -0.313. The first-order chi connectivity index (χ1) is 15.3. The SMILES string of the molecule is CC(C)[C@@H](NC(=O)c1cc[nH]n1)C(=O)N1CCC2(CC1)CN(C)CC2c1ccc(F)cc1. The van der Waals surface area contributed by atoms with Crippen LogP contribution in [-0.2, 0) is 4.79 Å². The smallest absolute Gasteiger partial charge is 0.272 e. The Morgan fingerprint density at radius 2 is 1.88 bits per heavy atom. The van der Waals surface area contributed by atoms with Crippen LogP contribution in [0.5, 0.6) is 0 Å². The molecule has 1 aromatic carbocycles. The Bertz CT molecular complexity index is 936. The van der Waals surface area contributed by atoms with Crippen LogP contribution in [0.4, 0.5) is 4.39 Å². The minimum Gasteiger partial charge on any atom is -0.341 e. The minimum absolute atomic E-state index is 0.0362. The first-order valence-corrected chi connectivity index (χ1v) is 11.3. The highest BCUT2D eigenvalue weighted by atomic mass is 19.1. The zero-order valence-corrected chi connectivity index (χ0v) is 19.0. The van der Waals surface area contributed by atoms with Crippen molar-refractivity contribution in [2.45, 2.75) is 38.6 Å². The maximum absolute atomic E-state index is 13.5. The second kappa shape index (κ2) is 9.02. The van der Waals surface area contributed by atoms with E-state index in [9.17, 15) is 14.0 Å². The van der Waals surface area contributed by atoms with Crippen LogP contribution in [0.3, 0.4) is 0 Å². The molecule has 32 heavy (non-hydrogen) atoms. The molecular weight excluding hydrogens is 409 g/mol. The molecule has 1 aromatic heterocycles. The number of halogens is 1. The van der Waals surface area contributed by atoms with E-state index in [1.165, 1.54) is 17.7 Å². The molecule has 1 unspecified atom stereocenters. The molecular formula is C24H32FN5O2. The van der Waals surface area contributed by atoms with Gasteiger partial charge >= 0.3 is 0 Å². The van der Waals surface area contributed by atoms with E-state index in [0.29, 0.717) is 19.0 Å². The molecule has 2 N–H and O–H groups in total. The van der Waals surface area contributed by atoms with Gasteiger partial charge in [-0.1, -0.05) is 26.0 Å². The lowest BCUT2D eigenvalue weighted by molar-refractivity contribution is -0.136. The fourth-order valence-corrected chi connectivity index (χ4v) is 5.36. The number of benzene rings is 1. The van der Waals surface area contributed by atoms with E-state index in [2.05, 4.69) is 27.5 Å². The molecule has 172 valence electrons. The highest BCUT2D eigenvalue weighted by Gasteiger charge is 2.48. The number of carbonyl (C=O) groups is 2. The first kappa shape index (κ1) is 22.5. The number of likely N-dealkylation sites (N-methyl/N-ethyl adjacent to an activating group) is 1. The third-order valence-corrected chi connectivity index (χ3v) is 7.11. The standard InChI is InChI=1S/C24H32FN5O2/c1-16(2)21(27-22(31)20-8-11-26-28-20)23(32)30-12-9-24(10-13-30)15-29(3)14-19(24)17-4-6-18(25)7-5-17/h4-8,11,16,19,21H,9-10,12-15H2,1-3H3,(H,26,28)(H,27,31)/t19?,21-/m1/s1. The predicted molar refractivity (Wildman–Crippen MR) is 120 cm³/mol. The van der Waals surface area contributed by atoms with E-state index in [4.69, 9.17) is 0 Å². The van der Waals surface area contributed by atoms with Gasteiger partial charge < -0.3 is 15.1 Å². The molecule has 0 bridgehead atoms. The van der Waals surface area contributed by atoms with Crippen LogP contribution >= 0.6 is 0 Å². The number of nitrogens with zero attached hydrogens (tertiary/aromatic N) is 3. The number of rotatable bonds is 5. The number of aromatic nitrogens is 2. The van der Waals surface area contributed by atoms with Crippen molar-refractivity contribution in [1.82, 2.24) is 25.3 Å². The molecule has 0 saturated carbocycles. The summed E-state index contributed by atoms with van der Waals surface area (Å²) >= 11 is 0. The highest BCUT2D eigenvalue weighted by Crippen LogP contribution is 2.49. The number of piperidine rings is 1. The van der Waals surface area contributed by atoms with Crippen molar-refractivity contribution in [2.75, 3.05) is 33.2 Å². The van der Waals surface area contributed by atoms with Gasteiger partial charge in [-0.05, 0) is 55.0 Å². The van der Waals surface area contributed by atoms with Crippen LogP contribution in [0.1, 0.15) is 48.7 Å². The molecule has 3 heterocycles. The van der Waals surface area contributed by atoms with Gasteiger partial charge in [0, 0.05) is 38.3 Å². The van der Waals surface area contributed by atoms with Gasteiger partial charge in [-0.15, -0.1) is 0 Å². The summed E-state index contributed by atoms with van der Waals surface area (Å²) in [4.78, 5) is 30.0. The number of carbonyl (C=O) groups excluding carboxylic acids is 2. The van der Waals surface area contributed by atoms with Gasteiger partial charge in [0.1, 0.15) is 17.6 Å². The van der Waals surface area contributed by atoms with Crippen LogP contribution in [0.2, 0.25) is 0 Å². The summed E-state index contributed by atoms with van der Waals surface area (Å²) in [5.41, 5.74) is 1.52. The topological polar surface area (TPSA) is 81.3 Å². The average molecular weight is 442 g/mol. The summed E-state index contributed by atoms with van der Waals surface area (Å²) in [6.07, 6.45) is 3.37. The molecule has 2 aromatic rings. The van der Waals surface area contributed by atoms with Crippen LogP contribution in [0.15, 0.2) is 36.5 Å². The van der Waals surface area contributed by atoms with Crippen molar-refractivity contribution in [3.63, 3.8) is 0 Å². The highest BCUT2D eigenvalue weighted by molar-refractivity contribution is 5.96. The summed E-state index contributed by atoms with van der Waals surface area (Å²) in [6.45, 7) is 7.11. The first-order valence-electron chi connectivity index (χ1n) is 11.3. The van der Waals surface area contributed by atoms with Gasteiger partial charge in [0.05, 0.1) is 0 Å². The number of hydrogen-bond acceptors (Lipinski definition) is 4. The van der Waals surface area contributed by atoms with Crippen LogP contribution in [0.25, 0.3) is 0 Å². The largest absolute Gasteiger partial charge is 0.341 e. The second-order valence-electron chi connectivity index (χ2n) is 9.64. The summed E-state index contributed by atoms with van der Waals surface area (Å²) in [7, 11) is 2.13. The molecule has 2 aliphatic rings. The van der Waals surface area contributed by atoms with Gasteiger partial charge in [-0.25, -0.2) is 4.39 Å². The van der Waals surface area contributed by atoms with Gasteiger partial charge in [-0.3, -0.25) is 14.7 Å². The monoisotopic (exact) mass is 441 g/mol. The zero-order valence-electron chi connectivity index (χ0n) is 19.0. The molecule has 2 saturated heterocycles. The zero-order chi connectivity index (χ0) is 22.9. The fraction of sp³-hybridized carbons (Fsp3) is 0.542. The Kier molecular flexibility index (Phi) is 6.33. The Balaban J connectivity index is 1.44. The number of hydrogen-bond donors (Lipinski definition) is 2. The fourth-order valence-electron chi connectivity index (χ4n) is 5.36. The molecule has 2 fully saturated rings. The third-order valence-electron chi connectivity index (χ3n) is 7.11. The molecule has 8 heteroatoms. The van der Waals surface area contributed by atoms with Crippen molar-refractivity contribution in [1.29, 1.82) is 0 Å². The number of aromatic amines is 1. The Morgan fingerprint density at radius 3 is 2.47 bits per heavy atom. The van der Waals surface area contributed by atoms with Crippen molar-refractivity contribution in [2.24, 2.45) is 11.3 Å². The van der Waals surface area contributed by atoms with E-state index >= 15 is 0 Å². The molecule has 0 radical (unpaired) electrons. The third kappa shape index (κ3) is 4.41. The molecule has 7 nitrogen and oxygen atoms in total. The molecule has 2 aliphatic heterocycles. The van der Waals surface area contributed by atoms with Gasteiger partial charge in [0.15, 0.2) is 0 Å². The maximum Gasteiger partial charge on any atom is 0.272 e. The van der Waals surface area contributed by atoms with E-state index < -0.39 is 6.04 Å². The molecule has 4 rings (SSSR count). The van der Waals surface area contributed by atoms with E-state index in [0.717, 1.165) is 25.9 Å². The van der Waals surface area contributed by atoms with E-state index in [1.54, 1.807) is 12.3 Å². The van der Waals surface area contributed by atoms with E-state index in [1.807, 2.05) is 30.9 Å². The van der Waals surface area contributed by atoms with Gasteiger partial charge in [0.2, 0.25) is 5.91 Å². The minimum atomic E-state index is -0.590. The van der Waals surface area contributed by atoms with Gasteiger partial charge in [0.25, 0.3) is 5.91 Å². The van der Waals surface area contributed by atoms with Crippen molar-refractivity contribution < 1.29 is 14.0 Å². The lowest BCUT2D eigenvalue weighted by Crippen LogP contribution is -2.54. The normalized spacial score (nSPS) is 21.8. The summed E-state index contributed by atoms with van der Waals surface area (Å²) in [5, 5.41) is 9.40. The quantitative estimate of drug-likeness (QED) is 0.748. The Labute approximate surface area is 188 Å². The van der Waals surface area contributed by atoms with E-state index in [-0.39, 0.29) is 34.7 Å². The predicted octanol–water partition coefficient (Wildman–Crippen LogP) is 2.64. The van der Waals surface area contributed by atoms with Crippen LogP contribution < -0.4 is 5.32 Å². The number of nitrogens with one attached hydrogen (secondary N) is 2. The van der Waals surface area contributed by atoms with Crippen LogP contribution in [0, 0.1) is 17.2 Å². The number of likely N-dealkylation sites (tertiary alicyclic amines) is 2.